The van der Waals surface area contributed by atoms with Gasteiger partial charge in [-0.05, 0) is 88.5 Å². The minimum absolute atomic E-state index is 0.0236. The highest BCUT2D eigenvalue weighted by atomic mass is 32.1. The Bertz CT molecular complexity index is 1750. The monoisotopic (exact) mass is 672 g/mol. The maximum Gasteiger partial charge on any atom is 0.573 e. The van der Waals surface area contributed by atoms with Crippen molar-refractivity contribution in [3.63, 3.8) is 0 Å². The van der Waals surface area contributed by atoms with Crippen LogP contribution in [0.15, 0.2) is 40.9 Å². The number of fused-ring (bicyclic) bond motifs is 3. The summed E-state index contributed by atoms with van der Waals surface area (Å²) in [6, 6.07) is 9.38. The highest BCUT2D eigenvalue weighted by Gasteiger charge is 2.45. The van der Waals surface area contributed by atoms with Crippen LogP contribution in [0.2, 0.25) is 0 Å². The van der Waals surface area contributed by atoms with Crippen molar-refractivity contribution >= 4 is 27.5 Å². The molecule has 7 rings (SSSR count). The summed E-state index contributed by atoms with van der Waals surface area (Å²) in [6.07, 6.45) is 0.437. The number of hydrogen-bond acceptors (Lipinski definition) is 10. The second-order valence-corrected chi connectivity index (χ2v) is 13.7. The molecule has 3 aliphatic rings. The Balaban J connectivity index is 1.06. The molecule has 13 heteroatoms. The summed E-state index contributed by atoms with van der Waals surface area (Å²) >= 11 is 1.38. The van der Waals surface area contributed by atoms with Gasteiger partial charge in [-0.15, -0.1) is 13.2 Å². The van der Waals surface area contributed by atoms with Crippen LogP contribution in [0, 0.1) is 11.8 Å². The summed E-state index contributed by atoms with van der Waals surface area (Å²) in [5.41, 5.74) is 2.25. The maximum absolute atomic E-state index is 13.2. The van der Waals surface area contributed by atoms with Gasteiger partial charge in [0.15, 0.2) is 0 Å². The van der Waals surface area contributed by atoms with E-state index in [1.54, 1.807) is 24.3 Å². The second-order valence-electron chi connectivity index (χ2n) is 12.7. The molecule has 0 unspecified atom stereocenters. The number of ether oxygens (including phenoxy) is 5. The topological polar surface area (TPSA) is 102 Å². The van der Waals surface area contributed by atoms with Crippen molar-refractivity contribution in [3.05, 3.63) is 53.3 Å². The number of hydrogen-bond donors (Lipinski definition) is 0. The van der Waals surface area contributed by atoms with Crippen LogP contribution in [0.5, 0.6) is 16.7 Å². The van der Waals surface area contributed by atoms with Gasteiger partial charge in [0.25, 0.3) is 5.19 Å². The van der Waals surface area contributed by atoms with Gasteiger partial charge in [0.05, 0.1) is 36.2 Å². The van der Waals surface area contributed by atoms with E-state index in [2.05, 4.69) is 9.89 Å². The Morgan fingerprint density at radius 1 is 1.06 bits per heavy atom. The van der Waals surface area contributed by atoms with E-state index in [9.17, 15) is 18.0 Å². The lowest BCUT2D eigenvalue weighted by molar-refractivity contribution is -0.274. The lowest BCUT2D eigenvalue weighted by atomic mass is 9.84. The van der Waals surface area contributed by atoms with Crippen LogP contribution in [0.3, 0.4) is 0 Å². The first-order valence-corrected chi connectivity index (χ1v) is 16.7. The number of benzene rings is 2. The largest absolute Gasteiger partial charge is 0.573 e. The Hall–Kier alpha value is -3.84. The Morgan fingerprint density at radius 3 is 2.49 bits per heavy atom. The van der Waals surface area contributed by atoms with Gasteiger partial charge in [-0.3, -0.25) is 0 Å². The number of nitrogens with zero attached hydrogens (tertiary/aromatic N) is 2. The molecule has 3 saturated carbocycles. The molecule has 9 nitrogen and oxygen atoms in total. The fourth-order valence-corrected chi connectivity index (χ4v) is 7.80. The zero-order chi connectivity index (χ0) is 32.9. The molecule has 2 bridgehead atoms. The molecule has 250 valence electrons. The average molecular weight is 673 g/mol. The summed E-state index contributed by atoms with van der Waals surface area (Å²) in [6.45, 7) is 4.01. The number of methoxy groups -OCH3 is 1. The average Bonchev–Trinajstić information content (AvgIpc) is 3.58. The molecular formula is C34H35F3N2O7S. The Labute approximate surface area is 273 Å². The number of aromatic nitrogens is 2. The number of halogens is 3. The van der Waals surface area contributed by atoms with Crippen molar-refractivity contribution in [1.29, 1.82) is 0 Å². The fourth-order valence-electron chi connectivity index (χ4n) is 6.89. The maximum atomic E-state index is 13.2. The van der Waals surface area contributed by atoms with Gasteiger partial charge in [-0.2, -0.15) is 4.98 Å². The van der Waals surface area contributed by atoms with E-state index in [0.29, 0.717) is 39.0 Å². The Kier molecular flexibility index (Phi) is 8.54. The van der Waals surface area contributed by atoms with Crippen LogP contribution in [-0.4, -0.2) is 47.9 Å². The lowest BCUT2D eigenvalue weighted by Crippen LogP contribution is -2.38. The molecule has 0 aliphatic heterocycles. The summed E-state index contributed by atoms with van der Waals surface area (Å²) < 4.78 is 74.2. The van der Waals surface area contributed by atoms with Crippen LogP contribution >= 0.6 is 11.3 Å². The van der Waals surface area contributed by atoms with E-state index in [1.807, 2.05) is 13.8 Å². The number of para-hydroxylation sites is 1. The normalized spacial score (nSPS) is 22.5. The van der Waals surface area contributed by atoms with E-state index >= 15 is 0 Å². The van der Waals surface area contributed by atoms with E-state index in [1.165, 1.54) is 30.6 Å². The molecule has 47 heavy (non-hydrogen) atoms. The van der Waals surface area contributed by atoms with E-state index in [-0.39, 0.29) is 54.0 Å². The number of alkyl halides is 3. The standard InChI is InChI=1S/C34H35F3N2O7S/c1-17(2)43-26-14-21(32(40)41-3)15-27-29(26)38-33(47-27)44-30-19-10-11-20(30)13-22(12-19)42-16-24-28(39-46-31(24)18-8-9-18)23-6-4-5-7-25(23)45-34(35,36)37/h4-7,14-15,17-20,22,30H,8-13,16H2,1-3H3/t19-,20+,22-,30+. The number of carbonyl (C=O) groups excluding carboxylic acids is 1. The van der Waals surface area contributed by atoms with E-state index < -0.39 is 12.3 Å². The lowest BCUT2D eigenvalue weighted by Gasteiger charge is -2.34. The molecule has 2 aromatic heterocycles. The smallest absolute Gasteiger partial charge is 0.489 e. The first kappa shape index (κ1) is 31.7. The molecule has 0 amide bonds. The van der Waals surface area contributed by atoms with Gasteiger partial charge in [-0.1, -0.05) is 28.6 Å². The SMILES string of the molecule is COC(=O)c1cc(OC(C)C)c2nc(O[C@H]3[C@@H]4CC[C@H]3C[C@H](OCc3c(-c5ccccc5OC(F)(F)F)noc3C3CC3)C4)sc2c1. The minimum atomic E-state index is -4.84. The van der Waals surface area contributed by atoms with Gasteiger partial charge in [-0.25, -0.2) is 4.79 Å². The van der Waals surface area contributed by atoms with Crippen LogP contribution in [-0.2, 0) is 16.1 Å². The quantitative estimate of drug-likeness (QED) is 0.145. The predicted molar refractivity (Wildman–Crippen MR) is 166 cm³/mol. The summed E-state index contributed by atoms with van der Waals surface area (Å²) in [4.78, 5) is 17.1. The molecule has 4 atom stereocenters. The molecule has 3 aliphatic carbocycles. The second kappa shape index (κ2) is 12.6. The number of esters is 1. The molecule has 0 radical (unpaired) electrons. The van der Waals surface area contributed by atoms with Crippen LogP contribution in [0.25, 0.3) is 21.5 Å². The third kappa shape index (κ3) is 6.78. The predicted octanol–water partition coefficient (Wildman–Crippen LogP) is 8.45. The third-order valence-electron chi connectivity index (χ3n) is 9.03. The number of rotatable bonds is 11. The number of thiazole rings is 1. The van der Waals surface area contributed by atoms with Gasteiger partial charge in [0.1, 0.15) is 34.6 Å². The van der Waals surface area contributed by atoms with Crippen LogP contribution in [0.1, 0.15) is 80.0 Å². The van der Waals surface area contributed by atoms with Crippen molar-refractivity contribution in [2.45, 2.75) is 89.6 Å². The highest BCUT2D eigenvalue weighted by molar-refractivity contribution is 7.20. The first-order chi connectivity index (χ1) is 22.6. The minimum Gasteiger partial charge on any atom is -0.489 e. The molecule has 4 aromatic rings. The third-order valence-corrected chi connectivity index (χ3v) is 9.92. The molecule has 2 aromatic carbocycles. The summed E-state index contributed by atoms with van der Waals surface area (Å²) in [5.74, 6) is 1.11. The zero-order valence-corrected chi connectivity index (χ0v) is 27.0. The fraction of sp³-hybridized carbons (Fsp3) is 0.500. The molecular weight excluding hydrogens is 637 g/mol. The molecule has 0 saturated heterocycles. The van der Waals surface area contributed by atoms with Crippen molar-refractivity contribution < 1.29 is 46.2 Å². The van der Waals surface area contributed by atoms with Crippen LogP contribution in [0.4, 0.5) is 13.2 Å². The van der Waals surface area contributed by atoms with Gasteiger partial charge in [0, 0.05) is 17.0 Å². The van der Waals surface area contributed by atoms with Crippen molar-refractivity contribution in [1.82, 2.24) is 10.1 Å². The summed E-state index contributed by atoms with van der Waals surface area (Å²) in [7, 11) is 1.34. The van der Waals surface area contributed by atoms with E-state index in [4.69, 9.17) is 28.5 Å². The summed E-state index contributed by atoms with van der Waals surface area (Å²) in [5, 5.41) is 4.73. The van der Waals surface area contributed by atoms with Crippen molar-refractivity contribution in [3.8, 4) is 28.0 Å². The van der Waals surface area contributed by atoms with Crippen molar-refractivity contribution in [2.24, 2.45) is 11.8 Å². The van der Waals surface area contributed by atoms with E-state index in [0.717, 1.165) is 43.2 Å². The molecule has 3 fully saturated rings. The Morgan fingerprint density at radius 2 is 1.81 bits per heavy atom. The van der Waals surface area contributed by atoms with Crippen molar-refractivity contribution in [2.75, 3.05) is 7.11 Å². The molecule has 2 heterocycles. The van der Waals surface area contributed by atoms with Gasteiger partial charge in [0.2, 0.25) is 0 Å². The number of carbonyl (C=O) groups is 1. The first-order valence-electron chi connectivity index (χ1n) is 15.9. The molecule has 0 N–H and O–H groups in total. The zero-order valence-electron chi connectivity index (χ0n) is 26.2. The van der Waals surface area contributed by atoms with Gasteiger partial charge >= 0.3 is 12.3 Å². The highest BCUT2D eigenvalue weighted by Crippen LogP contribution is 2.49. The van der Waals surface area contributed by atoms with Crippen LogP contribution < -0.4 is 14.2 Å². The van der Waals surface area contributed by atoms with Gasteiger partial charge < -0.3 is 28.2 Å². The molecule has 0 spiro atoms.